The number of nitrogens with zero attached hydrogens (tertiary/aromatic N) is 2. The van der Waals surface area contributed by atoms with Crippen molar-refractivity contribution in [2.24, 2.45) is 0 Å². The highest BCUT2D eigenvalue weighted by Gasteiger charge is 2.28. The summed E-state index contributed by atoms with van der Waals surface area (Å²) >= 11 is 4.66. The fourth-order valence-electron chi connectivity index (χ4n) is 1.51. The highest BCUT2D eigenvalue weighted by atomic mass is 79.9. The zero-order chi connectivity index (χ0) is 11.8. The fourth-order valence-corrected chi connectivity index (χ4v) is 2.63. The number of nitrogen functional groups attached to an aromatic ring is 1. The highest BCUT2D eigenvalue weighted by molar-refractivity contribution is 9.10. The minimum Gasteiger partial charge on any atom is -0.430 e. The van der Waals surface area contributed by atoms with Crippen LogP contribution in [0.15, 0.2) is 22.7 Å². The first-order chi connectivity index (χ1) is 8.20. The lowest BCUT2D eigenvalue weighted by atomic mass is 10.3. The molecule has 0 unspecified atom stereocenters. The predicted molar refractivity (Wildman–Crippen MR) is 70.5 cm³/mol. The lowest BCUT2D eigenvalue weighted by Crippen LogP contribution is -1.89. The fraction of sp³-hybridized carbons (Fsp3) is 0.273. The molecule has 3 rings (SSSR count). The summed E-state index contributed by atoms with van der Waals surface area (Å²) in [6, 6.07) is 5.44. The number of hydrogen-bond acceptors (Lipinski definition) is 5. The molecule has 4 nitrogen and oxygen atoms in total. The molecule has 0 amide bonds. The molecule has 1 aromatic heterocycles. The van der Waals surface area contributed by atoms with Crippen LogP contribution in [0, 0.1) is 0 Å². The summed E-state index contributed by atoms with van der Waals surface area (Å²) in [5, 5.41) is 0.574. The quantitative estimate of drug-likeness (QED) is 0.880. The van der Waals surface area contributed by atoms with Crippen molar-refractivity contribution in [1.29, 1.82) is 0 Å². The third-order valence-electron chi connectivity index (χ3n) is 2.46. The first-order valence-electron chi connectivity index (χ1n) is 5.28. The lowest BCUT2D eigenvalue weighted by Gasteiger charge is -2.03. The van der Waals surface area contributed by atoms with E-state index in [9.17, 15) is 0 Å². The zero-order valence-corrected chi connectivity index (χ0v) is 11.3. The highest BCUT2D eigenvalue weighted by Crippen LogP contribution is 2.40. The van der Waals surface area contributed by atoms with Crippen LogP contribution in [0.3, 0.4) is 0 Å². The lowest BCUT2D eigenvalue weighted by molar-refractivity contribution is 0.477. The summed E-state index contributed by atoms with van der Waals surface area (Å²) in [5.74, 6) is 2.14. The molecule has 1 aliphatic rings. The number of nitrogens with two attached hydrogens (primary N) is 1. The van der Waals surface area contributed by atoms with Gasteiger partial charge in [0.25, 0.3) is 5.19 Å². The molecule has 1 fully saturated rings. The van der Waals surface area contributed by atoms with Crippen LogP contribution in [-0.2, 0) is 0 Å². The largest absolute Gasteiger partial charge is 0.430 e. The van der Waals surface area contributed by atoms with Crippen LogP contribution in [0.1, 0.15) is 24.6 Å². The second kappa shape index (κ2) is 4.27. The molecule has 2 aromatic rings. The second-order valence-corrected chi connectivity index (χ2v) is 5.65. The van der Waals surface area contributed by atoms with Crippen molar-refractivity contribution in [3.63, 3.8) is 0 Å². The molecular weight excluding hydrogens is 302 g/mol. The number of benzene rings is 1. The Balaban J connectivity index is 1.80. The number of aromatic nitrogens is 2. The molecular formula is C11H10BrN3OS. The Morgan fingerprint density at radius 3 is 2.88 bits per heavy atom. The Kier molecular flexibility index (Phi) is 2.76. The van der Waals surface area contributed by atoms with E-state index in [1.165, 1.54) is 24.4 Å². The van der Waals surface area contributed by atoms with Crippen molar-refractivity contribution in [1.82, 2.24) is 9.36 Å². The maximum atomic E-state index is 5.73. The van der Waals surface area contributed by atoms with Gasteiger partial charge in [-0.2, -0.15) is 9.36 Å². The Labute approximate surface area is 111 Å². The van der Waals surface area contributed by atoms with Gasteiger partial charge in [0, 0.05) is 33.7 Å². The van der Waals surface area contributed by atoms with Gasteiger partial charge in [0.15, 0.2) is 0 Å². The van der Waals surface area contributed by atoms with Crippen molar-refractivity contribution < 1.29 is 4.74 Å². The second-order valence-electron chi connectivity index (χ2n) is 4.02. The van der Waals surface area contributed by atoms with Gasteiger partial charge in [0.2, 0.25) is 0 Å². The van der Waals surface area contributed by atoms with Gasteiger partial charge in [-0.25, -0.2) is 0 Å². The van der Waals surface area contributed by atoms with Gasteiger partial charge in [-0.05, 0) is 25.0 Å². The molecule has 0 radical (unpaired) electrons. The standard InChI is InChI=1S/C11H10BrN3OS/c12-7-3-8(13)5-9(4-7)16-11-14-10(15-17-11)6-1-2-6/h3-6H,1-2,13H2. The van der Waals surface area contributed by atoms with E-state index in [4.69, 9.17) is 10.5 Å². The molecule has 17 heavy (non-hydrogen) atoms. The average molecular weight is 312 g/mol. The van der Waals surface area contributed by atoms with Crippen LogP contribution >= 0.6 is 27.5 Å². The number of halogens is 1. The van der Waals surface area contributed by atoms with Crippen LogP contribution in [0.25, 0.3) is 0 Å². The number of anilines is 1. The normalized spacial score (nSPS) is 14.9. The van der Waals surface area contributed by atoms with E-state index in [-0.39, 0.29) is 0 Å². The maximum absolute atomic E-state index is 5.73. The molecule has 1 heterocycles. The molecule has 1 aliphatic carbocycles. The molecule has 1 aromatic carbocycles. The summed E-state index contributed by atoms with van der Waals surface area (Å²) in [6.07, 6.45) is 2.39. The molecule has 0 spiro atoms. The third-order valence-corrected chi connectivity index (χ3v) is 3.53. The van der Waals surface area contributed by atoms with Gasteiger partial charge in [-0.3, -0.25) is 0 Å². The van der Waals surface area contributed by atoms with E-state index < -0.39 is 0 Å². The molecule has 0 aliphatic heterocycles. The van der Waals surface area contributed by atoms with Gasteiger partial charge in [-0.15, -0.1) is 0 Å². The molecule has 2 N–H and O–H groups in total. The first kappa shape index (κ1) is 11.0. The monoisotopic (exact) mass is 311 g/mol. The van der Waals surface area contributed by atoms with E-state index >= 15 is 0 Å². The Bertz CT molecular complexity index is 533. The molecule has 6 heteroatoms. The Morgan fingerprint density at radius 1 is 1.35 bits per heavy atom. The van der Waals surface area contributed by atoms with Gasteiger partial charge in [0.05, 0.1) is 0 Å². The van der Waals surface area contributed by atoms with Crippen molar-refractivity contribution in [3.05, 3.63) is 28.5 Å². The van der Waals surface area contributed by atoms with Gasteiger partial charge in [-0.1, -0.05) is 15.9 Å². The van der Waals surface area contributed by atoms with E-state index in [1.54, 1.807) is 6.07 Å². The summed E-state index contributed by atoms with van der Waals surface area (Å²) in [7, 11) is 0. The van der Waals surface area contributed by atoms with Crippen LogP contribution in [-0.4, -0.2) is 9.36 Å². The molecule has 1 saturated carbocycles. The summed E-state index contributed by atoms with van der Waals surface area (Å²) in [6.45, 7) is 0. The van der Waals surface area contributed by atoms with Crippen molar-refractivity contribution >= 4 is 33.1 Å². The zero-order valence-electron chi connectivity index (χ0n) is 8.89. The minimum atomic E-state index is 0.552. The van der Waals surface area contributed by atoms with Crippen LogP contribution in [0.4, 0.5) is 5.69 Å². The van der Waals surface area contributed by atoms with E-state index in [0.717, 1.165) is 10.3 Å². The van der Waals surface area contributed by atoms with Crippen LogP contribution in [0.5, 0.6) is 10.9 Å². The molecule has 0 bridgehead atoms. The first-order valence-corrected chi connectivity index (χ1v) is 6.85. The predicted octanol–water partition coefficient (Wildman–Crippen LogP) is 3.55. The third kappa shape index (κ3) is 2.58. The van der Waals surface area contributed by atoms with E-state index in [0.29, 0.717) is 22.5 Å². The maximum Gasteiger partial charge on any atom is 0.298 e. The van der Waals surface area contributed by atoms with Crippen LogP contribution in [0.2, 0.25) is 0 Å². The van der Waals surface area contributed by atoms with Gasteiger partial charge in [0.1, 0.15) is 11.6 Å². The average Bonchev–Trinajstić information content (AvgIpc) is 2.99. The molecule has 0 atom stereocenters. The Morgan fingerprint density at radius 2 is 2.18 bits per heavy atom. The topological polar surface area (TPSA) is 61.0 Å². The van der Waals surface area contributed by atoms with E-state index in [1.807, 2.05) is 12.1 Å². The number of rotatable bonds is 3. The van der Waals surface area contributed by atoms with Crippen molar-refractivity contribution in [2.75, 3.05) is 5.73 Å². The number of ether oxygens (including phenoxy) is 1. The minimum absolute atomic E-state index is 0.552. The van der Waals surface area contributed by atoms with E-state index in [2.05, 4.69) is 25.3 Å². The van der Waals surface area contributed by atoms with Gasteiger partial charge < -0.3 is 10.5 Å². The molecule has 0 saturated heterocycles. The summed E-state index contributed by atoms with van der Waals surface area (Å²) in [4.78, 5) is 4.36. The van der Waals surface area contributed by atoms with Gasteiger partial charge >= 0.3 is 0 Å². The van der Waals surface area contributed by atoms with Crippen molar-refractivity contribution in [2.45, 2.75) is 18.8 Å². The van der Waals surface area contributed by atoms with Crippen molar-refractivity contribution in [3.8, 4) is 10.9 Å². The van der Waals surface area contributed by atoms with Crippen LogP contribution < -0.4 is 10.5 Å². The Hall–Kier alpha value is -1.14. The molecule has 88 valence electrons. The SMILES string of the molecule is Nc1cc(Br)cc(Oc2nc(C3CC3)ns2)c1. The smallest absolute Gasteiger partial charge is 0.298 e. The summed E-state index contributed by atoms with van der Waals surface area (Å²) in [5.41, 5.74) is 6.39. The summed E-state index contributed by atoms with van der Waals surface area (Å²) < 4.78 is 10.8. The number of hydrogen-bond donors (Lipinski definition) is 1.